The van der Waals surface area contributed by atoms with Crippen molar-refractivity contribution in [2.45, 2.75) is 32.7 Å². The highest BCUT2D eigenvalue weighted by Crippen LogP contribution is 2.15. The van der Waals surface area contributed by atoms with E-state index in [4.69, 9.17) is 0 Å². The molecule has 3 nitrogen and oxygen atoms in total. The molecule has 2 aromatic rings. The summed E-state index contributed by atoms with van der Waals surface area (Å²) < 4.78 is 2.15. The standard InChI is InChI=1S/C18H23N2O/c1-2-20(17-11-5-3-6-12-17)18(21)13-7-10-16-19-14-8-4-9-15-19/h3-6,8-9,11-12,14-15H,2,7,10,13,16H2,1H3/q+1. The first-order chi connectivity index (χ1) is 10.3. The van der Waals surface area contributed by atoms with Crippen molar-refractivity contribution >= 4 is 11.6 Å². The van der Waals surface area contributed by atoms with Gasteiger partial charge in [-0.2, -0.15) is 0 Å². The fourth-order valence-corrected chi connectivity index (χ4v) is 2.40. The molecule has 1 heterocycles. The Kier molecular flexibility index (Phi) is 5.95. The van der Waals surface area contributed by atoms with Gasteiger partial charge in [0.15, 0.2) is 12.4 Å². The number of unbranched alkanes of at least 4 members (excludes halogenated alkanes) is 1. The molecule has 0 aliphatic heterocycles. The van der Waals surface area contributed by atoms with Crippen LogP contribution in [-0.4, -0.2) is 12.5 Å². The molecule has 0 atom stereocenters. The van der Waals surface area contributed by atoms with Crippen molar-refractivity contribution in [1.82, 2.24) is 0 Å². The van der Waals surface area contributed by atoms with Gasteiger partial charge in [-0.25, -0.2) is 4.57 Å². The summed E-state index contributed by atoms with van der Waals surface area (Å²) in [5, 5.41) is 0. The maximum absolute atomic E-state index is 12.3. The SMILES string of the molecule is CCN(C(=O)CCCC[n+]1ccccc1)c1ccccc1. The first kappa shape index (κ1) is 15.2. The Labute approximate surface area is 126 Å². The topological polar surface area (TPSA) is 24.2 Å². The van der Waals surface area contributed by atoms with E-state index in [1.807, 2.05) is 60.4 Å². The Balaban J connectivity index is 1.78. The first-order valence-corrected chi connectivity index (χ1v) is 7.60. The molecular formula is C18H23N2O+. The highest BCUT2D eigenvalue weighted by molar-refractivity contribution is 5.93. The number of nitrogens with zero attached hydrogens (tertiary/aromatic N) is 2. The molecule has 0 unspecified atom stereocenters. The van der Waals surface area contributed by atoms with Crippen LogP contribution in [0.4, 0.5) is 5.69 Å². The summed E-state index contributed by atoms with van der Waals surface area (Å²) in [4.78, 5) is 14.2. The zero-order valence-corrected chi connectivity index (χ0v) is 12.6. The van der Waals surface area contributed by atoms with Crippen LogP contribution >= 0.6 is 0 Å². The van der Waals surface area contributed by atoms with Crippen LogP contribution in [0.3, 0.4) is 0 Å². The summed E-state index contributed by atoms with van der Waals surface area (Å²) >= 11 is 0. The Hall–Kier alpha value is -2.16. The predicted octanol–water partition coefficient (Wildman–Crippen LogP) is 3.20. The number of aryl methyl sites for hydroxylation is 1. The lowest BCUT2D eigenvalue weighted by Gasteiger charge is -2.20. The summed E-state index contributed by atoms with van der Waals surface area (Å²) in [6, 6.07) is 16.0. The molecule has 1 aromatic heterocycles. The molecule has 110 valence electrons. The number of pyridine rings is 1. The minimum atomic E-state index is 0.210. The second-order valence-electron chi connectivity index (χ2n) is 5.04. The van der Waals surface area contributed by atoms with Crippen LogP contribution in [0, 0.1) is 0 Å². The van der Waals surface area contributed by atoms with Gasteiger partial charge in [0.2, 0.25) is 5.91 Å². The summed E-state index contributed by atoms with van der Waals surface area (Å²) in [6.07, 6.45) is 6.67. The third-order valence-electron chi connectivity index (χ3n) is 3.52. The zero-order chi connectivity index (χ0) is 14.9. The minimum Gasteiger partial charge on any atom is -0.313 e. The summed E-state index contributed by atoms with van der Waals surface area (Å²) in [5.41, 5.74) is 0.988. The predicted molar refractivity (Wildman–Crippen MR) is 85.0 cm³/mol. The largest absolute Gasteiger partial charge is 0.313 e. The third kappa shape index (κ3) is 4.71. The lowest BCUT2D eigenvalue weighted by molar-refractivity contribution is -0.697. The van der Waals surface area contributed by atoms with E-state index in [0.717, 1.165) is 31.6 Å². The number of rotatable bonds is 7. The van der Waals surface area contributed by atoms with E-state index in [9.17, 15) is 4.79 Å². The molecule has 0 N–H and O–H groups in total. The molecule has 0 saturated heterocycles. The molecule has 1 amide bonds. The van der Waals surface area contributed by atoms with E-state index in [1.165, 1.54) is 0 Å². The van der Waals surface area contributed by atoms with E-state index in [1.54, 1.807) is 0 Å². The van der Waals surface area contributed by atoms with Crippen LogP contribution in [0.5, 0.6) is 0 Å². The number of aromatic nitrogens is 1. The second kappa shape index (κ2) is 8.20. The first-order valence-electron chi connectivity index (χ1n) is 7.60. The average molecular weight is 283 g/mol. The molecule has 1 aromatic carbocycles. The summed E-state index contributed by atoms with van der Waals surface area (Å²) in [7, 11) is 0. The van der Waals surface area contributed by atoms with Crippen molar-refractivity contribution in [3.8, 4) is 0 Å². The van der Waals surface area contributed by atoms with Gasteiger partial charge in [-0.15, -0.1) is 0 Å². The normalized spacial score (nSPS) is 10.3. The summed E-state index contributed by atoms with van der Waals surface area (Å²) in [5.74, 6) is 0.210. The number of anilines is 1. The van der Waals surface area contributed by atoms with Gasteiger partial charge in [0, 0.05) is 37.2 Å². The molecule has 0 radical (unpaired) electrons. The van der Waals surface area contributed by atoms with Crippen molar-refractivity contribution in [1.29, 1.82) is 0 Å². The van der Waals surface area contributed by atoms with Crippen LogP contribution in [0.25, 0.3) is 0 Å². The van der Waals surface area contributed by atoms with Crippen molar-refractivity contribution in [3.63, 3.8) is 0 Å². The van der Waals surface area contributed by atoms with E-state index >= 15 is 0 Å². The average Bonchev–Trinajstić information content (AvgIpc) is 2.54. The molecule has 0 spiro atoms. The Bertz CT molecular complexity index is 540. The minimum absolute atomic E-state index is 0.210. The lowest BCUT2D eigenvalue weighted by Crippen LogP contribution is -2.33. The van der Waals surface area contributed by atoms with Crippen LogP contribution in [0.2, 0.25) is 0 Å². The number of hydrogen-bond acceptors (Lipinski definition) is 1. The van der Waals surface area contributed by atoms with Crippen molar-refractivity contribution in [2.24, 2.45) is 0 Å². The van der Waals surface area contributed by atoms with E-state index < -0.39 is 0 Å². The highest BCUT2D eigenvalue weighted by atomic mass is 16.2. The molecule has 0 fully saturated rings. The van der Waals surface area contributed by atoms with E-state index in [2.05, 4.69) is 17.0 Å². The highest BCUT2D eigenvalue weighted by Gasteiger charge is 2.13. The van der Waals surface area contributed by atoms with Gasteiger partial charge in [-0.3, -0.25) is 4.79 Å². The number of amides is 1. The van der Waals surface area contributed by atoms with Gasteiger partial charge in [-0.05, 0) is 25.5 Å². The maximum atomic E-state index is 12.3. The number of benzene rings is 1. The van der Waals surface area contributed by atoms with Crippen LogP contribution in [0.15, 0.2) is 60.9 Å². The molecule has 0 aliphatic carbocycles. The van der Waals surface area contributed by atoms with Gasteiger partial charge in [0.05, 0.1) is 0 Å². The van der Waals surface area contributed by atoms with Crippen molar-refractivity contribution in [3.05, 3.63) is 60.9 Å². The molecule has 3 heteroatoms. The van der Waals surface area contributed by atoms with Gasteiger partial charge in [0.25, 0.3) is 0 Å². The molecule has 21 heavy (non-hydrogen) atoms. The number of para-hydroxylation sites is 1. The Morgan fingerprint density at radius 1 is 1.00 bits per heavy atom. The van der Waals surface area contributed by atoms with Crippen LogP contribution in [-0.2, 0) is 11.3 Å². The monoisotopic (exact) mass is 283 g/mol. The maximum Gasteiger partial charge on any atom is 0.226 e. The van der Waals surface area contributed by atoms with E-state index in [-0.39, 0.29) is 5.91 Å². The third-order valence-corrected chi connectivity index (χ3v) is 3.52. The van der Waals surface area contributed by atoms with Crippen LogP contribution < -0.4 is 9.47 Å². The van der Waals surface area contributed by atoms with Crippen LogP contribution in [0.1, 0.15) is 26.2 Å². The van der Waals surface area contributed by atoms with Gasteiger partial charge in [0.1, 0.15) is 6.54 Å². The lowest BCUT2D eigenvalue weighted by atomic mass is 10.2. The zero-order valence-electron chi connectivity index (χ0n) is 12.6. The number of carbonyl (C=O) groups is 1. The molecule has 0 saturated carbocycles. The van der Waals surface area contributed by atoms with Crippen molar-refractivity contribution < 1.29 is 9.36 Å². The molecule has 2 rings (SSSR count). The molecule has 0 bridgehead atoms. The van der Waals surface area contributed by atoms with Gasteiger partial charge < -0.3 is 4.90 Å². The number of hydrogen-bond donors (Lipinski definition) is 0. The smallest absolute Gasteiger partial charge is 0.226 e. The summed E-state index contributed by atoms with van der Waals surface area (Å²) in [6.45, 7) is 3.70. The van der Waals surface area contributed by atoms with Crippen molar-refractivity contribution in [2.75, 3.05) is 11.4 Å². The quantitative estimate of drug-likeness (QED) is 0.565. The fourth-order valence-electron chi connectivity index (χ4n) is 2.40. The van der Waals surface area contributed by atoms with E-state index in [0.29, 0.717) is 6.42 Å². The molecule has 0 aliphatic rings. The van der Waals surface area contributed by atoms with Gasteiger partial charge >= 0.3 is 0 Å². The number of carbonyl (C=O) groups excluding carboxylic acids is 1. The second-order valence-corrected chi connectivity index (χ2v) is 5.04. The fraction of sp³-hybridized carbons (Fsp3) is 0.333. The molecular weight excluding hydrogens is 260 g/mol. The Morgan fingerprint density at radius 2 is 1.67 bits per heavy atom. The van der Waals surface area contributed by atoms with Gasteiger partial charge in [-0.1, -0.05) is 24.3 Å². The Morgan fingerprint density at radius 3 is 2.33 bits per heavy atom.